The maximum absolute atomic E-state index is 5.91. The van der Waals surface area contributed by atoms with E-state index in [1.165, 1.54) is 12.8 Å². The van der Waals surface area contributed by atoms with E-state index >= 15 is 0 Å². The lowest BCUT2D eigenvalue weighted by atomic mass is 10.4. The molecule has 73 valence electrons. The highest BCUT2D eigenvalue weighted by Gasteiger charge is 2.21. The van der Waals surface area contributed by atoms with Crippen LogP contribution in [0.5, 0.6) is 0 Å². The lowest BCUT2D eigenvalue weighted by Gasteiger charge is -2.22. The topological polar surface area (TPSA) is 9.23 Å². The Balaban J connectivity index is 3.64. The summed E-state index contributed by atoms with van der Waals surface area (Å²) in [6.07, 6.45) is 2.46. The lowest BCUT2D eigenvalue weighted by Crippen LogP contribution is -2.25. The molecule has 12 heavy (non-hydrogen) atoms. The summed E-state index contributed by atoms with van der Waals surface area (Å²) in [5, 5.41) is 0. The average molecular weight is 187 g/mol. The zero-order valence-corrected chi connectivity index (χ0v) is 10.2. The largest absolute Gasteiger partial charge is 0.416 e. The summed E-state index contributed by atoms with van der Waals surface area (Å²) in [6.45, 7) is 12.3. The van der Waals surface area contributed by atoms with Crippen molar-refractivity contribution in [3.63, 3.8) is 0 Å². The standard InChI is InChI=1S/C10H23OSi/c1-6-7-8-11-12(9(2)3)10(4)5/h9-10H,6-8H2,1-5H3. The van der Waals surface area contributed by atoms with E-state index in [1.807, 2.05) is 0 Å². The quantitative estimate of drug-likeness (QED) is 0.456. The molecule has 1 nitrogen and oxygen atoms in total. The summed E-state index contributed by atoms with van der Waals surface area (Å²) in [5.41, 5.74) is 1.48. The van der Waals surface area contributed by atoms with Gasteiger partial charge in [-0.25, -0.2) is 0 Å². The van der Waals surface area contributed by atoms with Crippen LogP contribution in [0.2, 0.25) is 11.1 Å². The molecule has 0 aliphatic heterocycles. The van der Waals surface area contributed by atoms with Gasteiger partial charge in [-0.2, -0.15) is 0 Å². The molecule has 2 heteroatoms. The third-order valence-electron chi connectivity index (χ3n) is 1.90. The summed E-state index contributed by atoms with van der Waals surface area (Å²) in [5.74, 6) is 0. The van der Waals surface area contributed by atoms with Crippen LogP contribution in [0.1, 0.15) is 47.5 Å². The van der Waals surface area contributed by atoms with Crippen molar-refractivity contribution >= 4 is 9.04 Å². The highest BCUT2D eigenvalue weighted by molar-refractivity contribution is 6.54. The first kappa shape index (κ1) is 12.2. The molecule has 0 atom stereocenters. The van der Waals surface area contributed by atoms with Crippen LogP contribution in [0.3, 0.4) is 0 Å². The monoisotopic (exact) mass is 187 g/mol. The molecule has 0 fully saturated rings. The molecular weight excluding hydrogens is 164 g/mol. The first-order chi connectivity index (χ1) is 5.59. The van der Waals surface area contributed by atoms with Crippen molar-refractivity contribution in [2.75, 3.05) is 6.61 Å². The summed E-state index contributed by atoms with van der Waals surface area (Å²) in [6, 6.07) is 0. The first-order valence-corrected chi connectivity index (χ1v) is 6.65. The van der Waals surface area contributed by atoms with Crippen molar-refractivity contribution in [2.24, 2.45) is 0 Å². The van der Waals surface area contributed by atoms with E-state index in [0.29, 0.717) is 0 Å². The third-order valence-corrected chi connectivity index (χ3v) is 4.72. The molecule has 0 amide bonds. The molecule has 0 aliphatic carbocycles. The van der Waals surface area contributed by atoms with Gasteiger partial charge in [-0.15, -0.1) is 0 Å². The van der Waals surface area contributed by atoms with Crippen molar-refractivity contribution in [1.82, 2.24) is 0 Å². The van der Waals surface area contributed by atoms with Gasteiger partial charge in [0, 0.05) is 6.61 Å². The van der Waals surface area contributed by atoms with E-state index < -0.39 is 9.04 Å². The predicted octanol–water partition coefficient (Wildman–Crippen LogP) is 3.61. The van der Waals surface area contributed by atoms with Gasteiger partial charge in [0.2, 0.25) is 9.04 Å². The molecule has 0 aromatic carbocycles. The second-order valence-electron chi connectivity index (χ2n) is 3.91. The molecule has 0 saturated heterocycles. The maximum Gasteiger partial charge on any atom is 0.216 e. The van der Waals surface area contributed by atoms with Crippen LogP contribution in [0, 0.1) is 0 Å². The summed E-state index contributed by atoms with van der Waals surface area (Å²) in [7, 11) is -0.551. The Hall–Kier alpha value is 0.177. The van der Waals surface area contributed by atoms with E-state index in [-0.39, 0.29) is 0 Å². The molecule has 0 bridgehead atoms. The SMILES string of the molecule is CCCCO[Si](C(C)C)C(C)C. The normalized spacial score (nSPS) is 12.0. The first-order valence-electron chi connectivity index (χ1n) is 5.09. The van der Waals surface area contributed by atoms with E-state index in [2.05, 4.69) is 34.6 Å². The Bertz CT molecular complexity index is 94.0. The number of rotatable bonds is 6. The van der Waals surface area contributed by atoms with Gasteiger partial charge in [0.05, 0.1) is 0 Å². The summed E-state index contributed by atoms with van der Waals surface area (Å²) in [4.78, 5) is 0. The fourth-order valence-corrected chi connectivity index (χ4v) is 3.71. The molecule has 0 aromatic rings. The predicted molar refractivity (Wildman–Crippen MR) is 56.8 cm³/mol. The van der Waals surface area contributed by atoms with Crippen LogP contribution in [0.15, 0.2) is 0 Å². The Morgan fingerprint density at radius 1 is 1.08 bits per heavy atom. The van der Waals surface area contributed by atoms with Gasteiger partial charge in [0.1, 0.15) is 0 Å². The zero-order chi connectivity index (χ0) is 9.56. The fourth-order valence-electron chi connectivity index (χ4n) is 1.33. The van der Waals surface area contributed by atoms with Gasteiger partial charge < -0.3 is 4.43 Å². The van der Waals surface area contributed by atoms with Gasteiger partial charge >= 0.3 is 0 Å². The van der Waals surface area contributed by atoms with Gasteiger partial charge in [0.15, 0.2) is 0 Å². The molecule has 0 aromatic heterocycles. The van der Waals surface area contributed by atoms with Crippen molar-refractivity contribution in [3.8, 4) is 0 Å². The highest BCUT2D eigenvalue weighted by atomic mass is 28.3. The molecular formula is C10H23OSi. The Morgan fingerprint density at radius 3 is 1.92 bits per heavy atom. The lowest BCUT2D eigenvalue weighted by molar-refractivity contribution is 0.299. The maximum atomic E-state index is 5.91. The molecule has 0 saturated carbocycles. The van der Waals surface area contributed by atoms with Gasteiger partial charge in [-0.3, -0.25) is 0 Å². The van der Waals surface area contributed by atoms with Crippen molar-refractivity contribution in [3.05, 3.63) is 0 Å². The molecule has 1 radical (unpaired) electrons. The van der Waals surface area contributed by atoms with Crippen molar-refractivity contribution < 1.29 is 4.43 Å². The summed E-state index contributed by atoms with van der Waals surface area (Å²) < 4.78 is 5.91. The Kier molecular flexibility index (Phi) is 6.77. The smallest absolute Gasteiger partial charge is 0.216 e. The minimum atomic E-state index is -0.551. The molecule has 0 rings (SSSR count). The van der Waals surface area contributed by atoms with E-state index in [4.69, 9.17) is 4.43 Å². The van der Waals surface area contributed by atoms with E-state index in [9.17, 15) is 0 Å². The number of unbranched alkanes of at least 4 members (excludes halogenated alkanes) is 1. The zero-order valence-electron chi connectivity index (χ0n) is 9.18. The fraction of sp³-hybridized carbons (Fsp3) is 1.00. The average Bonchev–Trinajstić information content (AvgIpc) is 1.96. The van der Waals surface area contributed by atoms with Gasteiger partial charge in [-0.05, 0) is 17.5 Å². The van der Waals surface area contributed by atoms with Crippen LogP contribution in [0.4, 0.5) is 0 Å². The van der Waals surface area contributed by atoms with Crippen LogP contribution in [-0.4, -0.2) is 15.6 Å². The van der Waals surface area contributed by atoms with Crippen molar-refractivity contribution in [2.45, 2.75) is 58.5 Å². The highest BCUT2D eigenvalue weighted by Crippen LogP contribution is 2.20. The van der Waals surface area contributed by atoms with Crippen LogP contribution in [-0.2, 0) is 4.43 Å². The molecule has 0 heterocycles. The summed E-state index contributed by atoms with van der Waals surface area (Å²) >= 11 is 0. The van der Waals surface area contributed by atoms with Crippen molar-refractivity contribution in [1.29, 1.82) is 0 Å². The minimum absolute atomic E-state index is 0.551. The number of hydrogen-bond donors (Lipinski definition) is 0. The Labute approximate surface area is 79.2 Å². The number of hydrogen-bond acceptors (Lipinski definition) is 1. The van der Waals surface area contributed by atoms with E-state index in [1.54, 1.807) is 0 Å². The Morgan fingerprint density at radius 2 is 1.58 bits per heavy atom. The molecule has 0 unspecified atom stereocenters. The van der Waals surface area contributed by atoms with Gasteiger partial charge in [-0.1, -0.05) is 41.0 Å². The van der Waals surface area contributed by atoms with Gasteiger partial charge in [0.25, 0.3) is 0 Å². The van der Waals surface area contributed by atoms with E-state index in [0.717, 1.165) is 17.7 Å². The van der Waals surface area contributed by atoms with Crippen LogP contribution in [0.25, 0.3) is 0 Å². The second kappa shape index (κ2) is 6.67. The molecule has 0 N–H and O–H groups in total. The van der Waals surface area contributed by atoms with Crippen LogP contribution >= 0.6 is 0 Å². The van der Waals surface area contributed by atoms with Crippen LogP contribution < -0.4 is 0 Å². The third kappa shape index (κ3) is 4.94. The molecule has 0 spiro atoms. The molecule has 0 aliphatic rings. The minimum Gasteiger partial charge on any atom is -0.416 e. The second-order valence-corrected chi connectivity index (χ2v) is 7.32.